The number of amides is 1. The Morgan fingerprint density at radius 1 is 1.08 bits per heavy atom. The first-order chi connectivity index (χ1) is 11.6. The zero-order valence-corrected chi connectivity index (χ0v) is 18.1. The topological polar surface area (TPSA) is 54.5 Å². The average Bonchev–Trinajstić information content (AvgIpc) is 2.81. The third-order valence-corrected chi connectivity index (χ3v) is 6.41. The van der Waals surface area contributed by atoms with Crippen LogP contribution in [0.15, 0.2) is 0 Å². The third-order valence-electron chi connectivity index (χ3n) is 6.41. The van der Waals surface area contributed by atoms with Crippen molar-refractivity contribution in [2.24, 2.45) is 34.0 Å². The maximum absolute atomic E-state index is 13.4. The van der Waals surface area contributed by atoms with Crippen LogP contribution in [0.4, 0.5) is 0 Å². The molecule has 0 aromatic rings. The normalized spacial score (nSPS) is 28.5. The minimum Gasteiger partial charge on any atom is -0.332 e. The van der Waals surface area contributed by atoms with Crippen molar-refractivity contribution in [3.8, 4) is 0 Å². The number of nitrogens with zero attached hydrogens (tertiary/aromatic N) is 1. The van der Waals surface area contributed by atoms with E-state index in [4.69, 9.17) is 0 Å². The summed E-state index contributed by atoms with van der Waals surface area (Å²) in [5.74, 6) is 0.504. The van der Waals surface area contributed by atoms with Crippen LogP contribution in [0.5, 0.6) is 0 Å². The number of rotatable bonds is 5. The molecule has 2 aliphatic rings. The summed E-state index contributed by atoms with van der Waals surface area (Å²) in [6, 6.07) is -0.315. The lowest BCUT2D eigenvalue weighted by molar-refractivity contribution is -0.147. The zero-order chi connectivity index (χ0) is 20.2. The molecule has 1 aliphatic carbocycles. The maximum atomic E-state index is 13.4. The van der Waals surface area contributed by atoms with E-state index in [-0.39, 0.29) is 58.0 Å². The Kier molecular flexibility index (Phi) is 5.24. The summed E-state index contributed by atoms with van der Waals surface area (Å²) in [7, 11) is 0. The Balaban J connectivity index is 2.20. The van der Waals surface area contributed by atoms with E-state index in [9.17, 15) is 14.4 Å². The third kappa shape index (κ3) is 4.04. The largest absolute Gasteiger partial charge is 0.332 e. The SMILES string of the molecule is CC(=O)[C@@H]1[C@@H]2[C@H](CN1C(=O)[C@@H](CC(=O)CC(C)(C)C)C(C)(C)C)C2(C)C. The van der Waals surface area contributed by atoms with Crippen molar-refractivity contribution in [1.29, 1.82) is 0 Å². The quantitative estimate of drug-likeness (QED) is 0.738. The molecule has 1 aliphatic heterocycles. The summed E-state index contributed by atoms with van der Waals surface area (Å²) in [5, 5.41) is 0. The van der Waals surface area contributed by atoms with Crippen LogP contribution in [-0.2, 0) is 14.4 Å². The van der Waals surface area contributed by atoms with Crippen LogP contribution in [0, 0.1) is 34.0 Å². The molecule has 148 valence electrons. The van der Waals surface area contributed by atoms with E-state index in [1.165, 1.54) is 0 Å². The van der Waals surface area contributed by atoms with Crippen LogP contribution < -0.4 is 0 Å². The molecule has 0 spiro atoms. The molecule has 2 rings (SSSR count). The van der Waals surface area contributed by atoms with Crippen molar-refractivity contribution in [3.05, 3.63) is 0 Å². The van der Waals surface area contributed by atoms with Crippen LogP contribution in [0.25, 0.3) is 0 Å². The van der Waals surface area contributed by atoms with Crippen molar-refractivity contribution in [2.45, 2.75) is 81.2 Å². The van der Waals surface area contributed by atoms with E-state index in [0.717, 1.165) is 0 Å². The van der Waals surface area contributed by atoms with Gasteiger partial charge in [0.15, 0.2) is 5.78 Å². The second-order valence-electron chi connectivity index (χ2n) is 11.4. The lowest BCUT2D eigenvalue weighted by Gasteiger charge is -2.37. The fourth-order valence-corrected chi connectivity index (χ4v) is 4.84. The van der Waals surface area contributed by atoms with Crippen LogP contribution in [0.1, 0.15) is 75.2 Å². The van der Waals surface area contributed by atoms with Gasteiger partial charge in [-0.2, -0.15) is 0 Å². The van der Waals surface area contributed by atoms with Gasteiger partial charge in [-0.05, 0) is 35.0 Å². The van der Waals surface area contributed by atoms with E-state index in [0.29, 0.717) is 18.9 Å². The molecular formula is C22H37NO3. The van der Waals surface area contributed by atoms with Crippen molar-refractivity contribution >= 4 is 17.5 Å². The molecule has 0 radical (unpaired) electrons. The van der Waals surface area contributed by atoms with Gasteiger partial charge in [0.25, 0.3) is 0 Å². The molecule has 1 saturated heterocycles. The van der Waals surface area contributed by atoms with Gasteiger partial charge in [0, 0.05) is 25.3 Å². The van der Waals surface area contributed by atoms with Gasteiger partial charge in [0.05, 0.1) is 6.04 Å². The Hall–Kier alpha value is -1.19. The predicted molar refractivity (Wildman–Crippen MR) is 104 cm³/mol. The number of hydrogen-bond acceptors (Lipinski definition) is 3. The number of Topliss-reactive ketones (excluding diaryl/α,β-unsaturated/α-hetero) is 2. The number of ketones is 2. The first-order valence-electron chi connectivity index (χ1n) is 9.90. The molecule has 1 saturated carbocycles. The van der Waals surface area contributed by atoms with E-state index in [1.54, 1.807) is 11.8 Å². The van der Waals surface area contributed by atoms with Crippen molar-refractivity contribution in [3.63, 3.8) is 0 Å². The summed E-state index contributed by atoms with van der Waals surface area (Å²) < 4.78 is 0. The summed E-state index contributed by atoms with van der Waals surface area (Å²) in [5.41, 5.74) is -0.246. The van der Waals surface area contributed by atoms with Gasteiger partial charge < -0.3 is 4.90 Å². The standard InChI is InChI=1S/C22H37NO3/c1-13(24)18-17-16(22(17,8)9)12-23(18)19(26)15(21(5,6)7)10-14(25)11-20(2,3)4/h15-18H,10-12H2,1-9H3/t15-,16+,17+,18-/m1/s1. The Bertz CT molecular complexity index is 606. The molecule has 26 heavy (non-hydrogen) atoms. The highest BCUT2D eigenvalue weighted by Gasteiger charge is 2.69. The zero-order valence-electron chi connectivity index (χ0n) is 18.1. The number of carbonyl (C=O) groups is 3. The van der Waals surface area contributed by atoms with Gasteiger partial charge in [-0.15, -0.1) is 0 Å². The van der Waals surface area contributed by atoms with Gasteiger partial charge in [0.2, 0.25) is 5.91 Å². The van der Waals surface area contributed by atoms with Crippen molar-refractivity contribution in [2.75, 3.05) is 6.54 Å². The van der Waals surface area contributed by atoms with Gasteiger partial charge in [-0.1, -0.05) is 55.4 Å². The van der Waals surface area contributed by atoms with Gasteiger partial charge in [-0.25, -0.2) is 0 Å². The fraction of sp³-hybridized carbons (Fsp3) is 0.864. The van der Waals surface area contributed by atoms with Gasteiger partial charge in [-0.3, -0.25) is 14.4 Å². The molecule has 4 nitrogen and oxygen atoms in total. The van der Waals surface area contributed by atoms with Crippen LogP contribution in [0.3, 0.4) is 0 Å². The van der Waals surface area contributed by atoms with Gasteiger partial charge >= 0.3 is 0 Å². The molecule has 0 N–H and O–H groups in total. The maximum Gasteiger partial charge on any atom is 0.227 e. The minimum atomic E-state index is -0.375. The molecule has 1 amide bonds. The highest BCUT2D eigenvalue weighted by molar-refractivity contribution is 5.93. The summed E-state index contributed by atoms with van der Waals surface area (Å²) in [4.78, 5) is 40.1. The predicted octanol–water partition coefficient (Wildman–Crippen LogP) is 4.12. The summed E-state index contributed by atoms with van der Waals surface area (Å²) in [6.07, 6.45) is 0.737. The highest BCUT2D eigenvalue weighted by atomic mass is 16.2. The number of piperidine rings is 1. The lowest BCUT2D eigenvalue weighted by atomic mass is 9.75. The molecule has 4 heteroatoms. The Morgan fingerprint density at radius 2 is 1.62 bits per heavy atom. The second kappa shape index (κ2) is 6.45. The Morgan fingerprint density at radius 3 is 2.04 bits per heavy atom. The molecule has 0 bridgehead atoms. The number of fused-ring (bicyclic) bond motifs is 1. The monoisotopic (exact) mass is 363 g/mol. The van der Waals surface area contributed by atoms with E-state index >= 15 is 0 Å². The van der Waals surface area contributed by atoms with Crippen LogP contribution >= 0.6 is 0 Å². The first kappa shape index (κ1) is 21.1. The van der Waals surface area contributed by atoms with Crippen LogP contribution in [-0.4, -0.2) is 35.0 Å². The number of likely N-dealkylation sites (tertiary alicyclic amines) is 1. The lowest BCUT2D eigenvalue weighted by Crippen LogP contribution is -2.49. The molecular weight excluding hydrogens is 326 g/mol. The molecule has 0 unspecified atom stereocenters. The average molecular weight is 364 g/mol. The summed E-state index contributed by atoms with van der Waals surface area (Å²) >= 11 is 0. The molecule has 0 aromatic carbocycles. The second-order valence-corrected chi connectivity index (χ2v) is 11.4. The fourth-order valence-electron chi connectivity index (χ4n) is 4.84. The van der Waals surface area contributed by atoms with Crippen molar-refractivity contribution < 1.29 is 14.4 Å². The van der Waals surface area contributed by atoms with Crippen molar-refractivity contribution in [1.82, 2.24) is 4.90 Å². The minimum absolute atomic E-state index is 0.0111. The smallest absolute Gasteiger partial charge is 0.227 e. The molecule has 4 atom stereocenters. The van der Waals surface area contributed by atoms with Crippen LogP contribution in [0.2, 0.25) is 0 Å². The first-order valence-corrected chi connectivity index (χ1v) is 9.90. The van der Waals surface area contributed by atoms with E-state index in [2.05, 4.69) is 13.8 Å². The molecule has 0 aromatic heterocycles. The number of hydrogen-bond donors (Lipinski definition) is 0. The number of carbonyl (C=O) groups excluding carboxylic acids is 3. The Labute approximate surface area is 159 Å². The summed E-state index contributed by atoms with van der Waals surface area (Å²) in [6.45, 7) is 18.8. The van der Waals surface area contributed by atoms with E-state index in [1.807, 2.05) is 41.5 Å². The molecule has 2 fully saturated rings. The van der Waals surface area contributed by atoms with E-state index < -0.39 is 0 Å². The highest BCUT2D eigenvalue weighted by Crippen LogP contribution is 2.65. The van der Waals surface area contributed by atoms with Gasteiger partial charge in [0.1, 0.15) is 5.78 Å². The molecule has 1 heterocycles.